The van der Waals surface area contributed by atoms with Gasteiger partial charge in [-0.2, -0.15) is 4.31 Å². The first-order valence-corrected chi connectivity index (χ1v) is 7.86. The molecule has 1 aromatic rings. The molecule has 4 N–H and O–H groups in total. The van der Waals surface area contributed by atoms with Crippen molar-refractivity contribution in [1.29, 1.82) is 5.41 Å². The monoisotopic (exact) mass is 300 g/mol. The van der Waals surface area contributed by atoms with E-state index in [2.05, 4.69) is 9.97 Å². The van der Waals surface area contributed by atoms with Crippen LogP contribution in [0.3, 0.4) is 0 Å². The second kappa shape index (κ2) is 5.51. The lowest BCUT2D eigenvalue weighted by molar-refractivity contribution is 0.173. The van der Waals surface area contributed by atoms with Crippen LogP contribution in [0.25, 0.3) is 0 Å². The third-order valence-corrected chi connectivity index (χ3v) is 5.38. The normalized spacial score (nSPS) is 19.9. The second-order valence-electron chi connectivity index (χ2n) is 4.90. The summed E-state index contributed by atoms with van der Waals surface area (Å²) in [7, 11) is -3.51. The van der Waals surface area contributed by atoms with Crippen molar-refractivity contribution in [2.24, 2.45) is 5.73 Å². The Hall–Kier alpha value is -1.45. The second-order valence-corrected chi connectivity index (χ2v) is 6.81. The molecule has 0 aliphatic carbocycles. The van der Waals surface area contributed by atoms with Gasteiger partial charge in [0.2, 0.25) is 0 Å². The molecule has 112 valence electrons. The molecule has 20 heavy (non-hydrogen) atoms. The van der Waals surface area contributed by atoms with Crippen LogP contribution in [0.2, 0.25) is 0 Å². The molecule has 9 heteroatoms. The van der Waals surface area contributed by atoms with E-state index in [9.17, 15) is 8.42 Å². The fraction of sp³-hybridized carbons (Fsp3) is 0.636. The Morgan fingerprint density at radius 1 is 1.45 bits per heavy atom. The largest absolute Gasteiger partial charge is 0.386 e. The molecule has 0 radical (unpaired) electrons. The maximum atomic E-state index is 12.4. The minimum absolute atomic E-state index is 0.102. The van der Waals surface area contributed by atoms with E-state index in [0.29, 0.717) is 32.0 Å². The first kappa shape index (κ1) is 14.9. The van der Waals surface area contributed by atoms with Gasteiger partial charge in [0.05, 0.1) is 12.2 Å². The molecule has 1 aliphatic heterocycles. The zero-order valence-electron chi connectivity index (χ0n) is 11.6. The Labute approximate surface area is 118 Å². The molecular formula is C11H20N6O2S. The van der Waals surface area contributed by atoms with Crippen LogP contribution in [-0.2, 0) is 10.0 Å². The molecule has 0 aromatic carbocycles. The Balaban J connectivity index is 2.05. The summed E-state index contributed by atoms with van der Waals surface area (Å²) < 4.78 is 26.2. The molecule has 0 amide bonds. The zero-order chi connectivity index (χ0) is 14.9. The Bertz CT molecular complexity index is 588. The summed E-state index contributed by atoms with van der Waals surface area (Å²) in [6.45, 7) is 5.46. The minimum Gasteiger partial charge on any atom is -0.386 e. The van der Waals surface area contributed by atoms with Crippen molar-refractivity contribution in [3.05, 3.63) is 12.0 Å². The fourth-order valence-electron chi connectivity index (χ4n) is 2.20. The number of piperazine rings is 1. The molecule has 1 aliphatic rings. The van der Waals surface area contributed by atoms with E-state index in [4.69, 9.17) is 11.1 Å². The summed E-state index contributed by atoms with van der Waals surface area (Å²) in [5.74, 6) is 0.679. The molecule has 0 bridgehead atoms. The third-order valence-electron chi connectivity index (χ3n) is 3.57. The van der Waals surface area contributed by atoms with Gasteiger partial charge in [-0.1, -0.05) is 0 Å². The first-order valence-electron chi connectivity index (χ1n) is 6.42. The van der Waals surface area contributed by atoms with Crippen LogP contribution < -0.4 is 5.73 Å². The Morgan fingerprint density at radius 2 is 2.05 bits per heavy atom. The number of amidine groups is 1. The lowest BCUT2D eigenvalue weighted by Gasteiger charge is -2.36. The number of imidazole rings is 1. The summed E-state index contributed by atoms with van der Waals surface area (Å²) >= 11 is 0. The summed E-state index contributed by atoms with van der Waals surface area (Å²) in [5, 5.41) is 7.57. The quantitative estimate of drug-likeness (QED) is 0.504. The maximum Gasteiger partial charge on any atom is 0.260 e. The van der Waals surface area contributed by atoms with Crippen LogP contribution in [0.1, 0.15) is 12.7 Å². The number of nitrogens with zero attached hydrogens (tertiary/aromatic N) is 3. The van der Waals surface area contributed by atoms with E-state index in [-0.39, 0.29) is 16.9 Å². The smallest absolute Gasteiger partial charge is 0.260 e. The van der Waals surface area contributed by atoms with Crippen molar-refractivity contribution in [2.75, 3.05) is 26.2 Å². The van der Waals surface area contributed by atoms with Gasteiger partial charge >= 0.3 is 0 Å². The van der Waals surface area contributed by atoms with Gasteiger partial charge in [0.25, 0.3) is 10.0 Å². The number of aromatic nitrogens is 2. The third kappa shape index (κ3) is 2.84. The molecule has 0 spiro atoms. The van der Waals surface area contributed by atoms with Gasteiger partial charge in [0, 0.05) is 26.2 Å². The number of hydrogen-bond donors (Lipinski definition) is 3. The number of rotatable bonds is 4. The molecule has 1 fully saturated rings. The average molecular weight is 300 g/mol. The van der Waals surface area contributed by atoms with Gasteiger partial charge < -0.3 is 10.7 Å². The molecule has 1 unspecified atom stereocenters. The Morgan fingerprint density at radius 3 is 2.50 bits per heavy atom. The number of aryl methyl sites for hydroxylation is 1. The van der Waals surface area contributed by atoms with Gasteiger partial charge in [0.15, 0.2) is 5.03 Å². The van der Waals surface area contributed by atoms with Crippen molar-refractivity contribution in [3.8, 4) is 0 Å². The van der Waals surface area contributed by atoms with Crippen LogP contribution in [0, 0.1) is 12.3 Å². The van der Waals surface area contributed by atoms with Crippen LogP contribution in [0.15, 0.2) is 11.2 Å². The standard InChI is InChI=1S/C11H20N6O2S/c1-8(11(12)13)16-3-5-17(6-4-16)20(18,19)10-7-14-9(2)15-10/h7-8H,3-6H2,1-2H3,(H3,12,13)(H,14,15). The van der Waals surface area contributed by atoms with Crippen molar-refractivity contribution in [3.63, 3.8) is 0 Å². The van der Waals surface area contributed by atoms with E-state index >= 15 is 0 Å². The molecule has 8 nitrogen and oxygen atoms in total. The predicted molar refractivity (Wildman–Crippen MR) is 75.0 cm³/mol. The highest BCUT2D eigenvalue weighted by Crippen LogP contribution is 2.16. The number of nitrogens with one attached hydrogen (secondary N) is 2. The maximum absolute atomic E-state index is 12.4. The van der Waals surface area contributed by atoms with Crippen molar-refractivity contribution >= 4 is 15.9 Å². The van der Waals surface area contributed by atoms with Gasteiger partial charge in [-0.25, -0.2) is 13.4 Å². The lowest BCUT2D eigenvalue weighted by Crippen LogP contribution is -2.54. The van der Waals surface area contributed by atoms with Crippen molar-refractivity contribution < 1.29 is 8.42 Å². The topological polar surface area (TPSA) is 119 Å². The SMILES string of the molecule is Cc1ncc(S(=O)(=O)N2CCN(C(C)C(=N)N)CC2)[nH]1. The van der Waals surface area contributed by atoms with Crippen molar-refractivity contribution in [2.45, 2.75) is 24.9 Å². The molecule has 2 rings (SSSR count). The number of sulfonamides is 1. The van der Waals surface area contributed by atoms with Crippen molar-refractivity contribution in [1.82, 2.24) is 19.2 Å². The lowest BCUT2D eigenvalue weighted by atomic mass is 10.2. The van der Waals surface area contributed by atoms with Crippen LogP contribution in [0.4, 0.5) is 0 Å². The van der Waals surface area contributed by atoms with E-state index in [0.717, 1.165) is 0 Å². The Kier molecular flexibility index (Phi) is 4.11. The zero-order valence-corrected chi connectivity index (χ0v) is 12.4. The van der Waals surface area contributed by atoms with Crippen LogP contribution in [-0.4, -0.2) is 65.6 Å². The average Bonchev–Trinajstić information content (AvgIpc) is 2.85. The molecular weight excluding hydrogens is 280 g/mol. The molecule has 2 heterocycles. The summed E-state index contributed by atoms with van der Waals surface area (Å²) in [4.78, 5) is 8.69. The van der Waals surface area contributed by atoms with E-state index in [1.165, 1.54) is 10.5 Å². The summed E-state index contributed by atoms with van der Waals surface area (Å²) in [5.41, 5.74) is 5.48. The van der Waals surface area contributed by atoms with Gasteiger partial charge in [-0.05, 0) is 13.8 Å². The van der Waals surface area contributed by atoms with Crippen LogP contribution in [0.5, 0.6) is 0 Å². The summed E-state index contributed by atoms with van der Waals surface area (Å²) in [6.07, 6.45) is 1.34. The number of hydrogen-bond acceptors (Lipinski definition) is 5. The highest BCUT2D eigenvalue weighted by Gasteiger charge is 2.31. The van der Waals surface area contributed by atoms with E-state index < -0.39 is 10.0 Å². The highest BCUT2D eigenvalue weighted by molar-refractivity contribution is 7.89. The fourth-order valence-corrected chi connectivity index (χ4v) is 3.58. The first-order chi connectivity index (χ1) is 9.32. The molecule has 1 atom stereocenters. The number of H-pyrrole nitrogens is 1. The molecule has 1 saturated heterocycles. The van der Waals surface area contributed by atoms with Crippen LogP contribution >= 0.6 is 0 Å². The summed E-state index contributed by atoms with van der Waals surface area (Å²) in [6, 6.07) is -0.158. The van der Waals surface area contributed by atoms with E-state index in [1.807, 2.05) is 11.8 Å². The van der Waals surface area contributed by atoms with Gasteiger partial charge in [-0.3, -0.25) is 10.3 Å². The number of nitrogens with two attached hydrogens (primary N) is 1. The minimum atomic E-state index is -3.51. The number of aromatic amines is 1. The molecule has 0 saturated carbocycles. The van der Waals surface area contributed by atoms with E-state index in [1.54, 1.807) is 6.92 Å². The highest BCUT2D eigenvalue weighted by atomic mass is 32.2. The molecule has 1 aromatic heterocycles. The van der Waals surface area contributed by atoms with Gasteiger partial charge in [-0.15, -0.1) is 0 Å². The van der Waals surface area contributed by atoms with Gasteiger partial charge in [0.1, 0.15) is 11.7 Å². The predicted octanol–water partition coefficient (Wildman–Crippen LogP) is -0.651.